The minimum atomic E-state index is -3.53. The summed E-state index contributed by atoms with van der Waals surface area (Å²) in [7, 11) is -3.53. The van der Waals surface area contributed by atoms with Crippen molar-refractivity contribution in [1.82, 2.24) is 4.72 Å². The van der Waals surface area contributed by atoms with Crippen molar-refractivity contribution in [2.75, 3.05) is 12.0 Å². The SMILES string of the molecule is CCC(CSC)NS(=O)(=O)c1ccc(CN)c(Cl)c1. The topological polar surface area (TPSA) is 72.2 Å². The first-order chi connectivity index (χ1) is 8.94. The highest BCUT2D eigenvalue weighted by Crippen LogP contribution is 2.21. The molecule has 3 N–H and O–H groups in total. The van der Waals surface area contributed by atoms with Crippen LogP contribution in [0.15, 0.2) is 23.1 Å². The Morgan fingerprint density at radius 2 is 2.16 bits per heavy atom. The van der Waals surface area contributed by atoms with Crippen LogP contribution in [-0.4, -0.2) is 26.5 Å². The predicted molar refractivity (Wildman–Crippen MR) is 82.1 cm³/mol. The van der Waals surface area contributed by atoms with E-state index in [1.807, 2.05) is 13.2 Å². The number of halogens is 1. The van der Waals surface area contributed by atoms with Crippen LogP contribution in [0.4, 0.5) is 0 Å². The van der Waals surface area contributed by atoms with Crippen molar-refractivity contribution in [1.29, 1.82) is 0 Å². The molecule has 0 fully saturated rings. The summed E-state index contributed by atoms with van der Waals surface area (Å²) in [6, 6.07) is 4.54. The zero-order valence-electron chi connectivity index (χ0n) is 11.0. The number of hydrogen-bond acceptors (Lipinski definition) is 4. The average Bonchev–Trinajstić information content (AvgIpc) is 2.37. The standard InChI is InChI=1S/C12H19ClN2O2S2/c1-3-10(8-18-2)15-19(16,17)11-5-4-9(7-14)12(13)6-11/h4-6,10,15H,3,7-8,14H2,1-2H3. The second kappa shape index (κ2) is 7.50. The van der Waals surface area contributed by atoms with Crippen LogP contribution in [0.25, 0.3) is 0 Å². The van der Waals surface area contributed by atoms with Crippen molar-refractivity contribution in [2.24, 2.45) is 5.73 Å². The molecule has 0 bridgehead atoms. The summed E-state index contributed by atoms with van der Waals surface area (Å²) in [6.07, 6.45) is 2.69. The third-order valence-corrected chi connectivity index (χ3v) is 5.34. The molecule has 0 aromatic heterocycles. The Hall–Kier alpha value is -0.270. The van der Waals surface area contributed by atoms with Gasteiger partial charge in [0.1, 0.15) is 0 Å². The molecular weight excluding hydrogens is 304 g/mol. The van der Waals surface area contributed by atoms with E-state index in [1.54, 1.807) is 17.8 Å². The lowest BCUT2D eigenvalue weighted by Gasteiger charge is -2.16. The maximum absolute atomic E-state index is 12.2. The second-order valence-corrected chi connectivity index (χ2v) is 7.17. The largest absolute Gasteiger partial charge is 0.326 e. The van der Waals surface area contributed by atoms with E-state index in [4.69, 9.17) is 17.3 Å². The van der Waals surface area contributed by atoms with E-state index >= 15 is 0 Å². The number of nitrogens with two attached hydrogens (primary N) is 1. The first-order valence-corrected chi connectivity index (χ1v) is 9.19. The molecule has 0 aliphatic rings. The molecule has 0 amide bonds. The molecule has 4 nitrogen and oxygen atoms in total. The molecule has 0 spiro atoms. The molecule has 0 aliphatic carbocycles. The first kappa shape index (κ1) is 16.8. The molecule has 108 valence electrons. The minimum absolute atomic E-state index is 0.0760. The summed E-state index contributed by atoms with van der Waals surface area (Å²) in [6.45, 7) is 2.24. The normalized spacial score (nSPS) is 13.5. The lowest BCUT2D eigenvalue weighted by molar-refractivity contribution is 0.558. The van der Waals surface area contributed by atoms with Crippen LogP contribution in [0.2, 0.25) is 5.02 Å². The van der Waals surface area contributed by atoms with Crippen LogP contribution in [0.1, 0.15) is 18.9 Å². The number of rotatable bonds is 7. The van der Waals surface area contributed by atoms with E-state index in [0.29, 0.717) is 5.02 Å². The Morgan fingerprint density at radius 1 is 1.47 bits per heavy atom. The quantitative estimate of drug-likeness (QED) is 0.807. The van der Waals surface area contributed by atoms with E-state index in [-0.39, 0.29) is 17.5 Å². The summed E-state index contributed by atoms with van der Waals surface area (Å²) in [5.74, 6) is 0.740. The predicted octanol–water partition coefficient (Wildman–Crippen LogP) is 2.22. The molecule has 7 heteroatoms. The Bertz CT molecular complexity index is 520. The van der Waals surface area contributed by atoms with Gasteiger partial charge in [0.05, 0.1) is 4.90 Å². The van der Waals surface area contributed by atoms with Crippen LogP contribution >= 0.6 is 23.4 Å². The van der Waals surface area contributed by atoms with Crippen molar-refractivity contribution in [2.45, 2.75) is 30.8 Å². The van der Waals surface area contributed by atoms with E-state index in [9.17, 15) is 8.42 Å². The van der Waals surface area contributed by atoms with Crippen molar-refractivity contribution in [3.8, 4) is 0 Å². The molecule has 0 aliphatic heterocycles. The zero-order valence-corrected chi connectivity index (χ0v) is 13.4. The van der Waals surface area contributed by atoms with Gasteiger partial charge in [-0.3, -0.25) is 0 Å². The third-order valence-electron chi connectivity index (χ3n) is 2.74. The summed E-state index contributed by atoms with van der Waals surface area (Å²) < 4.78 is 27.1. The van der Waals surface area contributed by atoms with Gasteiger partial charge in [-0.1, -0.05) is 24.6 Å². The van der Waals surface area contributed by atoms with Gasteiger partial charge in [-0.2, -0.15) is 11.8 Å². The van der Waals surface area contributed by atoms with Gasteiger partial charge in [0, 0.05) is 23.4 Å². The van der Waals surface area contributed by atoms with Crippen LogP contribution in [0, 0.1) is 0 Å². The van der Waals surface area contributed by atoms with Crippen LogP contribution < -0.4 is 10.5 Å². The van der Waals surface area contributed by atoms with E-state index in [2.05, 4.69) is 4.72 Å². The molecule has 19 heavy (non-hydrogen) atoms. The van der Waals surface area contributed by atoms with Crippen molar-refractivity contribution in [3.05, 3.63) is 28.8 Å². The van der Waals surface area contributed by atoms with Crippen molar-refractivity contribution in [3.63, 3.8) is 0 Å². The molecule has 1 unspecified atom stereocenters. The van der Waals surface area contributed by atoms with Crippen LogP contribution in [-0.2, 0) is 16.6 Å². The molecule has 1 aromatic rings. The summed E-state index contributed by atoms with van der Waals surface area (Å²) >= 11 is 7.60. The highest BCUT2D eigenvalue weighted by molar-refractivity contribution is 7.98. The number of sulfonamides is 1. The van der Waals surface area contributed by atoms with Crippen LogP contribution in [0.5, 0.6) is 0 Å². The number of hydrogen-bond donors (Lipinski definition) is 2. The summed E-state index contributed by atoms with van der Waals surface area (Å²) in [5, 5.41) is 0.378. The smallest absolute Gasteiger partial charge is 0.240 e. The highest BCUT2D eigenvalue weighted by Gasteiger charge is 2.19. The Balaban J connectivity index is 2.96. The van der Waals surface area contributed by atoms with Gasteiger partial charge in [-0.15, -0.1) is 0 Å². The van der Waals surface area contributed by atoms with Gasteiger partial charge < -0.3 is 5.73 Å². The fraction of sp³-hybridized carbons (Fsp3) is 0.500. The lowest BCUT2D eigenvalue weighted by Crippen LogP contribution is -2.36. The molecule has 0 saturated heterocycles. The Morgan fingerprint density at radius 3 is 2.63 bits per heavy atom. The summed E-state index contributed by atoms with van der Waals surface area (Å²) in [4.78, 5) is 0.175. The fourth-order valence-corrected chi connectivity index (χ4v) is 4.08. The maximum atomic E-state index is 12.2. The highest BCUT2D eigenvalue weighted by atomic mass is 35.5. The fourth-order valence-electron chi connectivity index (χ4n) is 1.58. The van der Waals surface area contributed by atoms with Gasteiger partial charge in [-0.05, 0) is 30.4 Å². The Labute approximate surface area is 124 Å². The van der Waals surface area contributed by atoms with Crippen molar-refractivity contribution >= 4 is 33.4 Å². The average molecular weight is 323 g/mol. The molecule has 0 saturated carbocycles. The molecule has 1 rings (SSSR count). The van der Waals surface area contributed by atoms with E-state index in [0.717, 1.165) is 17.7 Å². The second-order valence-electron chi connectivity index (χ2n) is 4.14. The number of benzene rings is 1. The lowest BCUT2D eigenvalue weighted by atomic mass is 10.2. The zero-order chi connectivity index (χ0) is 14.5. The van der Waals surface area contributed by atoms with Gasteiger partial charge in [-0.25, -0.2) is 13.1 Å². The Kier molecular flexibility index (Phi) is 6.62. The molecular formula is C12H19ClN2O2S2. The van der Waals surface area contributed by atoms with Gasteiger partial charge in [0.2, 0.25) is 10.0 Å². The van der Waals surface area contributed by atoms with E-state index in [1.165, 1.54) is 12.1 Å². The monoisotopic (exact) mass is 322 g/mol. The maximum Gasteiger partial charge on any atom is 0.240 e. The summed E-state index contributed by atoms with van der Waals surface area (Å²) in [5.41, 5.74) is 6.23. The first-order valence-electron chi connectivity index (χ1n) is 5.94. The number of nitrogens with one attached hydrogen (secondary N) is 1. The molecule has 0 radical (unpaired) electrons. The third kappa shape index (κ3) is 4.65. The van der Waals surface area contributed by atoms with Crippen molar-refractivity contribution < 1.29 is 8.42 Å². The molecule has 0 heterocycles. The van der Waals surface area contributed by atoms with Gasteiger partial charge in [0.15, 0.2) is 0 Å². The molecule has 1 aromatic carbocycles. The van der Waals surface area contributed by atoms with Crippen LogP contribution in [0.3, 0.4) is 0 Å². The molecule has 1 atom stereocenters. The van der Waals surface area contributed by atoms with Gasteiger partial charge in [0.25, 0.3) is 0 Å². The number of thioether (sulfide) groups is 1. The van der Waals surface area contributed by atoms with Gasteiger partial charge >= 0.3 is 0 Å². The van der Waals surface area contributed by atoms with E-state index < -0.39 is 10.0 Å². The minimum Gasteiger partial charge on any atom is -0.326 e.